The summed E-state index contributed by atoms with van der Waals surface area (Å²) < 4.78 is 38.5. The van der Waals surface area contributed by atoms with Crippen molar-refractivity contribution in [3.05, 3.63) is 78.4 Å². The van der Waals surface area contributed by atoms with Gasteiger partial charge in [0.05, 0.1) is 30.0 Å². The lowest BCUT2D eigenvalue weighted by atomic mass is 10.2. The van der Waals surface area contributed by atoms with Gasteiger partial charge in [0.25, 0.3) is 10.0 Å². The zero-order valence-corrected chi connectivity index (χ0v) is 17.6. The van der Waals surface area contributed by atoms with E-state index >= 15 is 0 Å². The minimum Gasteiger partial charge on any atom is -0.506 e. The smallest absolute Gasteiger partial charge is 0.262 e. The molecule has 0 radical (unpaired) electrons. The lowest BCUT2D eigenvalue weighted by Crippen LogP contribution is -2.19. The molecule has 0 aromatic heterocycles. The summed E-state index contributed by atoms with van der Waals surface area (Å²) >= 11 is 0. The molecule has 0 heterocycles. The Labute approximate surface area is 180 Å². The Kier molecular flexibility index (Phi) is 7.11. The lowest BCUT2D eigenvalue weighted by Gasteiger charge is -2.13. The van der Waals surface area contributed by atoms with Crippen LogP contribution in [0.15, 0.2) is 77.7 Å². The van der Waals surface area contributed by atoms with Crippen molar-refractivity contribution in [3.63, 3.8) is 0 Å². The van der Waals surface area contributed by atoms with Crippen LogP contribution in [0.4, 0.5) is 11.4 Å². The van der Waals surface area contributed by atoms with Gasteiger partial charge in [0.15, 0.2) is 0 Å². The standard InChI is InChI=1S/C22H22N2O6S/c1-29-21-10-6-5-9-18(21)24-31(27,28)17-11-12-20(25)19(13-17)23-22(26)15-30-14-16-7-3-2-4-8-16/h2-13,24-25H,14-15H2,1H3,(H,23,26). The monoisotopic (exact) mass is 442 g/mol. The molecule has 0 bridgehead atoms. The van der Waals surface area contributed by atoms with Gasteiger partial charge < -0.3 is 19.9 Å². The van der Waals surface area contributed by atoms with Gasteiger partial charge >= 0.3 is 0 Å². The van der Waals surface area contributed by atoms with E-state index in [1.165, 1.54) is 25.3 Å². The summed E-state index contributed by atoms with van der Waals surface area (Å²) in [5, 5.41) is 12.5. The van der Waals surface area contributed by atoms with E-state index in [0.29, 0.717) is 5.75 Å². The fraction of sp³-hybridized carbons (Fsp3) is 0.136. The van der Waals surface area contributed by atoms with Gasteiger partial charge in [0, 0.05) is 0 Å². The number of sulfonamides is 1. The number of amides is 1. The minimum absolute atomic E-state index is 0.0452. The Balaban J connectivity index is 1.68. The highest BCUT2D eigenvalue weighted by Crippen LogP contribution is 2.30. The molecule has 1 amide bonds. The Morgan fingerprint density at radius 2 is 1.68 bits per heavy atom. The second kappa shape index (κ2) is 9.96. The first-order valence-electron chi connectivity index (χ1n) is 9.29. The van der Waals surface area contributed by atoms with Crippen LogP contribution >= 0.6 is 0 Å². The summed E-state index contributed by atoms with van der Waals surface area (Å²) in [6.45, 7) is -0.0116. The second-order valence-electron chi connectivity index (χ2n) is 6.51. The molecule has 0 aliphatic carbocycles. The van der Waals surface area contributed by atoms with Gasteiger partial charge in [0.2, 0.25) is 5.91 Å². The van der Waals surface area contributed by atoms with E-state index in [2.05, 4.69) is 10.0 Å². The molecular weight excluding hydrogens is 420 g/mol. The number of methoxy groups -OCH3 is 1. The number of anilines is 2. The summed E-state index contributed by atoms with van der Waals surface area (Å²) in [7, 11) is -2.57. The van der Waals surface area contributed by atoms with E-state index < -0.39 is 15.9 Å². The molecule has 0 saturated heterocycles. The third kappa shape index (κ3) is 5.97. The van der Waals surface area contributed by atoms with Gasteiger partial charge in [-0.3, -0.25) is 9.52 Å². The number of phenolic OH excluding ortho intramolecular Hbond substituents is 1. The number of benzene rings is 3. The Morgan fingerprint density at radius 1 is 0.968 bits per heavy atom. The zero-order valence-electron chi connectivity index (χ0n) is 16.7. The second-order valence-corrected chi connectivity index (χ2v) is 8.19. The molecule has 0 saturated carbocycles. The summed E-state index contributed by atoms with van der Waals surface area (Å²) in [5.74, 6) is -0.444. The van der Waals surface area contributed by atoms with Crippen molar-refractivity contribution in [1.29, 1.82) is 0 Å². The number of hydrogen-bond donors (Lipinski definition) is 3. The highest BCUT2D eigenvalue weighted by Gasteiger charge is 2.19. The minimum atomic E-state index is -4.00. The van der Waals surface area contributed by atoms with Crippen molar-refractivity contribution in [2.45, 2.75) is 11.5 Å². The third-order valence-corrected chi connectivity index (χ3v) is 5.61. The largest absolute Gasteiger partial charge is 0.506 e. The molecule has 3 N–H and O–H groups in total. The molecule has 9 heteroatoms. The predicted molar refractivity (Wildman–Crippen MR) is 117 cm³/mol. The van der Waals surface area contributed by atoms with Crippen LogP contribution in [0.2, 0.25) is 0 Å². The number of nitrogens with one attached hydrogen (secondary N) is 2. The number of carbonyl (C=O) groups excluding carboxylic acids is 1. The Bertz CT molecular complexity index is 1150. The molecule has 0 aliphatic heterocycles. The Morgan fingerprint density at radius 3 is 2.42 bits per heavy atom. The van der Waals surface area contributed by atoms with Crippen LogP contribution in [0, 0.1) is 0 Å². The van der Waals surface area contributed by atoms with Crippen molar-refractivity contribution in [3.8, 4) is 11.5 Å². The highest BCUT2D eigenvalue weighted by atomic mass is 32.2. The van der Waals surface area contributed by atoms with Crippen molar-refractivity contribution in [2.24, 2.45) is 0 Å². The number of phenols is 1. The average Bonchev–Trinajstić information content (AvgIpc) is 2.76. The third-order valence-electron chi connectivity index (χ3n) is 4.25. The number of hydrogen-bond acceptors (Lipinski definition) is 6. The van der Waals surface area contributed by atoms with Gasteiger partial charge in [-0.15, -0.1) is 0 Å². The summed E-state index contributed by atoms with van der Waals surface area (Å²) in [6, 6.07) is 19.5. The Hall–Kier alpha value is -3.56. The van der Waals surface area contributed by atoms with E-state index in [1.54, 1.807) is 24.3 Å². The van der Waals surface area contributed by atoms with Gasteiger partial charge in [-0.2, -0.15) is 0 Å². The van der Waals surface area contributed by atoms with E-state index in [9.17, 15) is 18.3 Å². The number of ether oxygens (including phenoxy) is 2. The maximum Gasteiger partial charge on any atom is 0.262 e. The average molecular weight is 442 g/mol. The van der Waals surface area contributed by atoms with Crippen LogP contribution in [0.1, 0.15) is 5.56 Å². The first kappa shape index (κ1) is 22.1. The maximum absolute atomic E-state index is 12.8. The molecule has 0 unspecified atom stereocenters. The van der Waals surface area contributed by atoms with Crippen LogP contribution < -0.4 is 14.8 Å². The predicted octanol–water partition coefficient (Wildman–Crippen LogP) is 3.36. The fourth-order valence-corrected chi connectivity index (χ4v) is 3.83. The van der Waals surface area contributed by atoms with E-state index in [-0.39, 0.29) is 35.2 Å². The van der Waals surface area contributed by atoms with Crippen molar-refractivity contribution in [2.75, 3.05) is 23.8 Å². The summed E-state index contributed by atoms with van der Waals surface area (Å²) in [5.41, 5.74) is 1.13. The van der Waals surface area contributed by atoms with E-state index in [1.807, 2.05) is 30.3 Å². The molecule has 0 aliphatic rings. The summed E-state index contributed by atoms with van der Waals surface area (Å²) in [6.07, 6.45) is 0. The number of carbonyl (C=O) groups is 1. The van der Waals surface area contributed by atoms with Gasteiger partial charge in [-0.25, -0.2) is 8.42 Å². The molecule has 0 fully saturated rings. The molecule has 8 nitrogen and oxygen atoms in total. The molecule has 162 valence electrons. The van der Waals surface area contributed by atoms with E-state index in [4.69, 9.17) is 9.47 Å². The number of aromatic hydroxyl groups is 1. The van der Waals surface area contributed by atoms with Crippen LogP contribution in [-0.4, -0.2) is 33.1 Å². The summed E-state index contributed by atoms with van der Waals surface area (Å²) in [4.78, 5) is 12.0. The van der Waals surface area contributed by atoms with Crippen molar-refractivity contribution < 1.29 is 27.8 Å². The SMILES string of the molecule is COc1ccccc1NS(=O)(=O)c1ccc(O)c(NC(=O)COCc2ccccc2)c1. The fourth-order valence-electron chi connectivity index (χ4n) is 2.74. The van der Waals surface area contributed by atoms with Crippen molar-refractivity contribution in [1.82, 2.24) is 0 Å². The number of rotatable bonds is 9. The lowest BCUT2D eigenvalue weighted by molar-refractivity contribution is -0.121. The van der Waals surface area contributed by atoms with Gasteiger partial charge in [0.1, 0.15) is 18.1 Å². The molecule has 3 aromatic rings. The molecule has 0 atom stereocenters. The normalized spacial score (nSPS) is 11.0. The molecule has 3 aromatic carbocycles. The van der Waals surface area contributed by atoms with Crippen molar-refractivity contribution >= 4 is 27.3 Å². The molecular formula is C22H22N2O6S. The van der Waals surface area contributed by atoms with Crippen LogP contribution in [0.3, 0.4) is 0 Å². The quantitative estimate of drug-likeness (QED) is 0.438. The molecule has 31 heavy (non-hydrogen) atoms. The first-order chi connectivity index (χ1) is 14.9. The first-order valence-corrected chi connectivity index (χ1v) is 10.8. The number of para-hydroxylation sites is 2. The highest BCUT2D eigenvalue weighted by molar-refractivity contribution is 7.92. The molecule has 3 rings (SSSR count). The van der Waals surface area contributed by atoms with Gasteiger partial charge in [-0.1, -0.05) is 42.5 Å². The van der Waals surface area contributed by atoms with Crippen LogP contribution in [0.5, 0.6) is 11.5 Å². The topological polar surface area (TPSA) is 114 Å². The molecule has 0 spiro atoms. The maximum atomic E-state index is 12.8. The van der Waals surface area contributed by atoms with E-state index in [0.717, 1.165) is 5.56 Å². The van der Waals surface area contributed by atoms with Gasteiger partial charge in [-0.05, 0) is 35.9 Å². The van der Waals surface area contributed by atoms with Crippen LogP contribution in [-0.2, 0) is 26.2 Å². The van der Waals surface area contributed by atoms with Crippen LogP contribution in [0.25, 0.3) is 0 Å². The zero-order chi connectivity index (χ0) is 22.3.